The standard InChI is InChI=1S/C12H11BrF2O5/c13-4-3-8(16)7-5-6(10(17)11(18)19)1-2-9(7)20-12(14)15/h1-2,5,10,12,17H,3-4H2,(H,18,19). The minimum Gasteiger partial charge on any atom is -0.479 e. The first-order valence-corrected chi connectivity index (χ1v) is 6.57. The number of ketones is 1. The average Bonchev–Trinajstić information content (AvgIpc) is 2.37. The summed E-state index contributed by atoms with van der Waals surface area (Å²) in [5.74, 6) is -2.37. The number of carbonyl (C=O) groups is 2. The Labute approximate surface area is 121 Å². The van der Waals surface area contributed by atoms with Crippen LogP contribution in [0.25, 0.3) is 0 Å². The molecule has 0 aliphatic carbocycles. The third-order valence-electron chi connectivity index (χ3n) is 2.39. The molecule has 1 atom stereocenters. The number of carboxylic acid groups (broad SMARTS) is 1. The highest BCUT2D eigenvalue weighted by atomic mass is 79.9. The minimum absolute atomic E-state index is 0.0201. The summed E-state index contributed by atoms with van der Waals surface area (Å²) in [5, 5.41) is 18.4. The number of carbonyl (C=O) groups excluding carboxylic acids is 1. The van der Waals surface area contributed by atoms with Gasteiger partial charge in [0.25, 0.3) is 0 Å². The monoisotopic (exact) mass is 352 g/mol. The van der Waals surface area contributed by atoms with Gasteiger partial charge < -0.3 is 14.9 Å². The van der Waals surface area contributed by atoms with Crippen molar-refractivity contribution < 1.29 is 33.3 Å². The highest BCUT2D eigenvalue weighted by Crippen LogP contribution is 2.26. The Morgan fingerprint density at radius 3 is 2.50 bits per heavy atom. The van der Waals surface area contributed by atoms with Gasteiger partial charge in [-0.1, -0.05) is 22.0 Å². The van der Waals surface area contributed by atoms with Crippen LogP contribution < -0.4 is 4.74 Å². The number of aliphatic hydroxyl groups is 1. The zero-order valence-corrected chi connectivity index (χ0v) is 11.6. The molecular formula is C12H11BrF2O5. The van der Waals surface area contributed by atoms with E-state index in [9.17, 15) is 23.5 Å². The van der Waals surface area contributed by atoms with Crippen LogP contribution in [-0.2, 0) is 4.79 Å². The third-order valence-corrected chi connectivity index (χ3v) is 2.79. The molecule has 1 rings (SSSR count). The van der Waals surface area contributed by atoms with Crippen LogP contribution >= 0.6 is 15.9 Å². The van der Waals surface area contributed by atoms with Crippen molar-refractivity contribution >= 4 is 27.7 Å². The average molecular weight is 353 g/mol. The predicted molar refractivity (Wildman–Crippen MR) is 68.4 cm³/mol. The molecular weight excluding hydrogens is 342 g/mol. The van der Waals surface area contributed by atoms with Crippen molar-refractivity contribution in [2.75, 3.05) is 5.33 Å². The molecule has 2 N–H and O–H groups in total. The lowest BCUT2D eigenvalue weighted by Crippen LogP contribution is -2.13. The maximum Gasteiger partial charge on any atom is 0.387 e. The second kappa shape index (κ2) is 7.30. The Kier molecular flexibility index (Phi) is 6.03. The van der Waals surface area contributed by atoms with Crippen LogP contribution in [0.2, 0.25) is 0 Å². The SMILES string of the molecule is O=C(CCBr)c1cc(C(O)C(=O)O)ccc1OC(F)F. The minimum atomic E-state index is -3.11. The zero-order valence-electron chi connectivity index (χ0n) is 10.1. The van der Waals surface area contributed by atoms with Crippen LogP contribution in [0.3, 0.4) is 0 Å². The number of aliphatic hydroxyl groups excluding tert-OH is 1. The largest absolute Gasteiger partial charge is 0.479 e. The van der Waals surface area contributed by atoms with Crippen molar-refractivity contribution in [2.24, 2.45) is 0 Å². The second-order valence-corrected chi connectivity index (χ2v) is 4.53. The van der Waals surface area contributed by atoms with Gasteiger partial charge in [0, 0.05) is 11.8 Å². The van der Waals surface area contributed by atoms with Gasteiger partial charge in [-0.15, -0.1) is 0 Å². The van der Waals surface area contributed by atoms with Crippen LogP contribution in [0.4, 0.5) is 8.78 Å². The topological polar surface area (TPSA) is 83.8 Å². The summed E-state index contributed by atoms with van der Waals surface area (Å²) >= 11 is 3.04. The molecule has 0 saturated carbocycles. The molecule has 0 aliphatic rings. The quantitative estimate of drug-likeness (QED) is 0.581. The van der Waals surface area contributed by atoms with Gasteiger partial charge in [0.15, 0.2) is 11.9 Å². The van der Waals surface area contributed by atoms with Crippen molar-refractivity contribution in [1.29, 1.82) is 0 Å². The van der Waals surface area contributed by atoms with E-state index in [4.69, 9.17) is 5.11 Å². The molecule has 0 aromatic heterocycles. The van der Waals surface area contributed by atoms with Gasteiger partial charge in [0.2, 0.25) is 0 Å². The van der Waals surface area contributed by atoms with Gasteiger partial charge in [-0.05, 0) is 17.7 Å². The molecule has 0 bridgehead atoms. The van der Waals surface area contributed by atoms with E-state index in [2.05, 4.69) is 20.7 Å². The van der Waals surface area contributed by atoms with Crippen molar-refractivity contribution in [2.45, 2.75) is 19.1 Å². The molecule has 0 spiro atoms. The Bertz CT molecular complexity index is 507. The van der Waals surface area contributed by atoms with Crippen molar-refractivity contribution in [1.82, 2.24) is 0 Å². The molecule has 20 heavy (non-hydrogen) atoms. The van der Waals surface area contributed by atoms with Gasteiger partial charge in [-0.25, -0.2) is 4.79 Å². The lowest BCUT2D eigenvalue weighted by atomic mass is 10.0. The number of ether oxygens (including phenoxy) is 1. The van der Waals surface area contributed by atoms with E-state index < -0.39 is 24.5 Å². The summed E-state index contributed by atoms with van der Waals surface area (Å²) in [7, 11) is 0. The van der Waals surface area contributed by atoms with Crippen LogP contribution in [0.1, 0.15) is 28.4 Å². The molecule has 0 fully saturated rings. The first-order chi connectivity index (χ1) is 9.36. The normalized spacial score (nSPS) is 12.2. The number of hydrogen-bond acceptors (Lipinski definition) is 4. The lowest BCUT2D eigenvalue weighted by Gasteiger charge is -2.13. The second-order valence-electron chi connectivity index (χ2n) is 3.74. The summed E-state index contributed by atoms with van der Waals surface area (Å²) in [5.41, 5.74) is -0.278. The number of carboxylic acids is 1. The molecule has 8 heteroatoms. The van der Waals surface area contributed by atoms with Crippen LogP contribution in [0, 0.1) is 0 Å². The fourth-order valence-electron chi connectivity index (χ4n) is 1.50. The first kappa shape index (κ1) is 16.5. The lowest BCUT2D eigenvalue weighted by molar-refractivity contribution is -0.147. The highest BCUT2D eigenvalue weighted by molar-refractivity contribution is 9.09. The molecule has 0 radical (unpaired) electrons. The van der Waals surface area contributed by atoms with Gasteiger partial charge >= 0.3 is 12.6 Å². The fourth-order valence-corrected chi connectivity index (χ4v) is 1.86. The number of aliphatic carboxylic acids is 1. The number of hydrogen-bond donors (Lipinski definition) is 2. The van der Waals surface area contributed by atoms with E-state index in [1.54, 1.807) is 0 Å². The number of Topliss-reactive ketones (excluding diaryl/α,β-unsaturated/α-hetero) is 1. The first-order valence-electron chi connectivity index (χ1n) is 5.45. The third kappa shape index (κ3) is 4.24. The molecule has 0 aliphatic heterocycles. The van der Waals surface area contributed by atoms with E-state index >= 15 is 0 Å². The summed E-state index contributed by atoms with van der Waals surface area (Å²) in [6.45, 7) is -3.11. The molecule has 110 valence electrons. The fraction of sp³-hybridized carbons (Fsp3) is 0.333. The molecule has 0 saturated heterocycles. The number of alkyl halides is 3. The summed E-state index contributed by atoms with van der Waals surface area (Å²) in [4.78, 5) is 22.5. The summed E-state index contributed by atoms with van der Waals surface area (Å²) < 4.78 is 28.7. The van der Waals surface area contributed by atoms with Crippen LogP contribution in [0.15, 0.2) is 18.2 Å². The van der Waals surface area contributed by atoms with Crippen molar-refractivity contribution in [3.05, 3.63) is 29.3 Å². The molecule has 1 unspecified atom stereocenters. The number of halogens is 3. The maximum absolute atomic E-state index is 12.3. The Hall–Kier alpha value is -1.54. The maximum atomic E-state index is 12.3. The smallest absolute Gasteiger partial charge is 0.387 e. The Balaban J connectivity index is 3.20. The highest BCUT2D eigenvalue weighted by Gasteiger charge is 2.21. The number of benzene rings is 1. The zero-order chi connectivity index (χ0) is 15.3. The van der Waals surface area contributed by atoms with Crippen LogP contribution in [0.5, 0.6) is 5.75 Å². The van der Waals surface area contributed by atoms with E-state index in [1.165, 1.54) is 0 Å². The molecule has 0 amide bonds. The Morgan fingerprint density at radius 1 is 1.35 bits per heavy atom. The van der Waals surface area contributed by atoms with E-state index in [1.807, 2.05) is 0 Å². The van der Waals surface area contributed by atoms with E-state index in [0.29, 0.717) is 5.33 Å². The van der Waals surface area contributed by atoms with Gasteiger partial charge in [-0.2, -0.15) is 8.78 Å². The van der Waals surface area contributed by atoms with E-state index in [0.717, 1.165) is 18.2 Å². The van der Waals surface area contributed by atoms with Crippen molar-refractivity contribution in [3.8, 4) is 5.75 Å². The molecule has 1 aromatic carbocycles. The van der Waals surface area contributed by atoms with Gasteiger partial charge in [0.1, 0.15) is 5.75 Å². The molecule has 5 nitrogen and oxygen atoms in total. The van der Waals surface area contributed by atoms with Gasteiger partial charge in [-0.3, -0.25) is 4.79 Å². The molecule has 1 aromatic rings. The van der Waals surface area contributed by atoms with Crippen molar-refractivity contribution in [3.63, 3.8) is 0 Å². The number of rotatable bonds is 7. The van der Waals surface area contributed by atoms with Gasteiger partial charge in [0.05, 0.1) is 5.56 Å². The molecule has 0 heterocycles. The Morgan fingerprint density at radius 2 is 2.00 bits per heavy atom. The predicted octanol–water partition coefficient (Wildman–Crippen LogP) is 2.37. The van der Waals surface area contributed by atoms with E-state index in [-0.39, 0.29) is 23.3 Å². The van der Waals surface area contributed by atoms with Crippen LogP contribution in [-0.4, -0.2) is 33.9 Å². The summed E-state index contributed by atoms with van der Waals surface area (Å²) in [6.07, 6.45) is -1.82. The summed E-state index contributed by atoms with van der Waals surface area (Å²) in [6, 6.07) is 3.19.